The van der Waals surface area contributed by atoms with Gasteiger partial charge in [0.2, 0.25) is 5.89 Å². The van der Waals surface area contributed by atoms with E-state index in [1.54, 1.807) is 12.1 Å². The molecule has 0 bridgehead atoms. The molecule has 3 rings (SSSR count). The number of oxazole rings is 1. The Morgan fingerprint density at radius 3 is 2.74 bits per heavy atom. The minimum Gasteiger partial charge on any atom is -0.434 e. The van der Waals surface area contributed by atoms with Crippen LogP contribution in [0.2, 0.25) is 10.0 Å². The number of fused-ring (bicyclic) bond motifs is 1. The van der Waals surface area contributed by atoms with Crippen LogP contribution in [-0.2, 0) is 0 Å². The topological polar surface area (TPSA) is 52.0 Å². The lowest BCUT2D eigenvalue weighted by Crippen LogP contribution is -1.88. The summed E-state index contributed by atoms with van der Waals surface area (Å²) in [7, 11) is 0. The van der Waals surface area contributed by atoms with E-state index in [4.69, 9.17) is 33.4 Å². The van der Waals surface area contributed by atoms with Gasteiger partial charge in [-0.05, 0) is 36.8 Å². The van der Waals surface area contributed by atoms with Gasteiger partial charge in [0.05, 0.1) is 5.02 Å². The second kappa shape index (κ2) is 4.44. The third-order valence-electron chi connectivity index (χ3n) is 2.90. The summed E-state index contributed by atoms with van der Waals surface area (Å²) in [5.74, 6) is 0.490. The molecule has 0 radical (unpaired) electrons. The normalized spacial score (nSPS) is 11.1. The monoisotopic (exact) mass is 292 g/mol. The number of aryl methyl sites for hydroxylation is 1. The molecule has 0 saturated heterocycles. The number of rotatable bonds is 1. The van der Waals surface area contributed by atoms with Crippen molar-refractivity contribution in [2.75, 3.05) is 5.73 Å². The summed E-state index contributed by atoms with van der Waals surface area (Å²) >= 11 is 12.0. The highest BCUT2D eigenvalue weighted by Crippen LogP contribution is 2.33. The van der Waals surface area contributed by atoms with Gasteiger partial charge in [-0.2, -0.15) is 0 Å². The van der Waals surface area contributed by atoms with Crippen molar-refractivity contribution < 1.29 is 4.42 Å². The number of hydrogen-bond acceptors (Lipinski definition) is 3. The molecule has 0 atom stereocenters. The first-order valence-corrected chi connectivity index (χ1v) is 6.42. The third kappa shape index (κ3) is 2.15. The number of nitrogen functional groups attached to an aromatic ring is 1. The molecule has 3 nitrogen and oxygen atoms in total. The Balaban J connectivity index is 2.26. The Hall–Kier alpha value is -1.71. The molecule has 19 heavy (non-hydrogen) atoms. The molecule has 5 heteroatoms. The van der Waals surface area contributed by atoms with E-state index >= 15 is 0 Å². The maximum Gasteiger partial charge on any atom is 0.227 e. The van der Waals surface area contributed by atoms with Crippen LogP contribution < -0.4 is 5.73 Å². The fraction of sp³-hybridized carbons (Fsp3) is 0.0714. The van der Waals surface area contributed by atoms with Crippen LogP contribution in [0.3, 0.4) is 0 Å². The highest BCUT2D eigenvalue weighted by Gasteiger charge is 2.13. The fourth-order valence-electron chi connectivity index (χ4n) is 1.94. The van der Waals surface area contributed by atoms with Gasteiger partial charge in [0.15, 0.2) is 5.58 Å². The molecule has 2 N–H and O–H groups in total. The zero-order valence-corrected chi connectivity index (χ0v) is 11.6. The van der Waals surface area contributed by atoms with Gasteiger partial charge < -0.3 is 10.2 Å². The van der Waals surface area contributed by atoms with Crippen LogP contribution in [-0.4, -0.2) is 4.98 Å². The predicted molar refractivity (Wildman–Crippen MR) is 78.6 cm³/mol. The summed E-state index contributed by atoms with van der Waals surface area (Å²) in [4.78, 5) is 4.42. The molecular weight excluding hydrogens is 283 g/mol. The van der Waals surface area contributed by atoms with Crippen molar-refractivity contribution in [2.45, 2.75) is 6.92 Å². The predicted octanol–water partition coefficient (Wildman–Crippen LogP) is 4.69. The van der Waals surface area contributed by atoms with Gasteiger partial charge in [0.1, 0.15) is 5.52 Å². The van der Waals surface area contributed by atoms with E-state index in [1.807, 2.05) is 25.1 Å². The van der Waals surface area contributed by atoms with Crippen molar-refractivity contribution in [1.29, 1.82) is 0 Å². The number of hydrogen-bond donors (Lipinski definition) is 1. The number of nitrogens with two attached hydrogens (primary N) is 1. The summed E-state index contributed by atoms with van der Waals surface area (Å²) in [6.07, 6.45) is 0. The minimum absolute atomic E-state index is 0.447. The van der Waals surface area contributed by atoms with E-state index < -0.39 is 0 Å². The molecular formula is C14H10Cl2N2O. The van der Waals surface area contributed by atoms with Crippen LogP contribution in [0.5, 0.6) is 0 Å². The highest BCUT2D eigenvalue weighted by molar-refractivity contribution is 6.38. The average Bonchev–Trinajstić information content (AvgIpc) is 2.76. The zero-order chi connectivity index (χ0) is 13.6. The van der Waals surface area contributed by atoms with Crippen molar-refractivity contribution in [3.05, 3.63) is 45.9 Å². The Bertz CT molecular complexity index is 780. The molecule has 0 aliphatic carbocycles. The number of benzene rings is 2. The van der Waals surface area contributed by atoms with E-state index in [2.05, 4.69) is 4.98 Å². The van der Waals surface area contributed by atoms with E-state index in [0.717, 1.165) is 11.1 Å². The van der Waals surface area contributed by atoms with Crippen molar-refractivity contribution in [1.82, 2.24) is 4.98 Å². The second-order valence-electron chi connectivity index (χ2n) is 4.33. The standard InChI is InChI=1S/C14H10Cl2N2O/c1-7-2-3-9(17)6-10(7)14-18-12-5-8(15)4-11(16)13(12)19-14/h2-6H,17H2,1H3. The highest BCUT2D eigenvalue weighted by atomic mass is 35.5. The SMILES string of the molecule is Cc1ccc(N)cc1-c1nc2cc(Cl)cc(Cl)c2o1. The van der Waals surface area contributed by atoms with Gasteiger partial charge in [0.25, 0.3) is 0 Å². The van der Waals surface area contributed by atoms with Crippen molar-refractivity contribution in [3.63, 3.8) is 0 Å². The number of anilines is 1. The molecule has 0 amide bonds. The Labute approximate surface area is 119 Å². The van der Waals surface area contributed by atoms with E-state index in [1.165, 1.54) is 0 Å². The first kappa shape index (κ1) is 12.3. The molecule has 96 valence electrons. The molecule has 0 spiro atoms. The van der Waals surface area contributed by atoms with E-state index in [-0.39, 0.29) is 0 Å². The van der Waals surface area contributed by atoms with E-state index in [9.17, 15) is 0 Å². The van der Waals surface area contributed by atoms with Crippen molar-refractivity contribution in [2.24, 2.45) is 0 Å². The number of halogens is 2. The lowest BCUT2D eigenvalue weighted by molar-refractivity contribution is 0.619. The van der Waals surface area contributed by atoms with Gasteiger partial charge in [-0.3, -0.25) is 0 Å². The maximum atomic E-state index is 6.09. The maximum absolute atomic E-state index is 6.09. The largest absolute Gasteiger partial charge is 0.434 e. The van der Waals surface area contributed by atoms with Gasteiger partial charge >= 0.3 is 0 Å². The molecule has 1 heterocycles. The number of nitrogens with zero attached hydrogens (tertiary/aromatic N) is 1. The quantitative estimate of drug-likeness (QED) is 0.662. The summed E-state index contributed by atoms with van der Waals surface area (Å²) < 4.78 is 5.72. The van der Waals surface area contributed by atoms with Gasteiger partial charge in [-0.15, -0.1) is 0 Å². The summed E-state index contributed by atoms with van der Waals surface area (Å²) in [5.41, 5.74) is 9.50. The molecule has 2 aromatic carbocycles. The minimum atomic E-state index is 0.447. The van der Waals surface area contributed by atoms with Crippen molar-refractivity contribution >= 4 is 40.0 Å². The average molecular weight is 293 g/mol. The third-order valence-corrected chi connectivity index (χ3v) is 3.40. The Morgan fingerprint density at radius 2 is 1.95 bits per heavy atom. The molecule has 3 aromatic rings. The first-order chi connectivity index (χ1) is 9.04. The second-order valence-corrected chi connectivity index (χ2v) is 5.17. The summed E-state index contributed by atoms with van der Waals surface area (Å²) in [6, 6.07) is 8.94. The van der Waals surface area contributed by atoms with Crippen LogP contribution in [0.4, 0.5) is 5.69 Å². The van der Waals surface area contributed by atoms with Crippen LogP contribution in [0.1, 0.15) is 5.56 Å². The van der Waals surface area contributed by atoms with Gasteiger partial charge in [0, 0.05) is 16.3 Å². The molecule has 0 saturated carbocycles. The smallest absolute Gasteiger partial charge is 0.227 e. The molecule has 1 aromatic heterocycles. The molecule has 0 aliphatic heterocycles. The lowest BCUT2D eigenvalue weighted by atomic mass is 10.1. The van der Waals surface area contributed by atoms with Gasteiger partial charge in [-0.25, -0.2) is 4.98 Å². The van der Waals surface area contributed by atoms with Crippen LogP contribution in [0, 0.1) is 6.92 Å². The molecule has 0 fully saturated rings. The van der Waals surface area contributed by atoms with Crippen LogP contribution in [0.25, 0.3) is 22.6 Å². The molecule has 0 unspecified atom stereocenters. The number of aromatic nitrogens is 1. The van der Waals surface area contributed by atoms with Crippen molar-refractivity contribution in [3.8, 4) is 11.5 Å². The zero-order valence-electron chi connectivity index (χ0n) is 10.1. The molecule has 0 aliphatic rings. The van der Waals surface area contributed by atoms with Crippen LogP contribution in [0.15, 0.2) is 34.7 Å². The Morgan fingerprint density at radius 1 is 1.16 bits per heavy atom. The van der Waals surface area contributed by atoms with E-state index in [0.29, 0.717) is 32.7 Å². The fourth-order valence-corrected chi connectivity index (χ4v) is 2.47. The van der Waals surface area contributed by atoms with Crippen LogP contribution >= 0.6 is 23.2 Å². The first-order valence-electron chi connectivity index (χ1n) is 5.66. The van der Waals surface area contributed by atoms with Gasteiger partial charge in [-0.1, -0.05) is 29.3 Å². The summed E-state index contributed by atoms with van der Waals surface area (Å²) in [5, 5.41) is 0.976. The Kier molecular flexibility index (Phi) is 2.88. The lowest BCUT2D eigenvalue weighted by Gasteiger charge is -2.02. The summed E-state index contributed by atoms with van der Waals surface area (Å²) in [6.45, 7) is 1.97.